The van der Waals surface area contributed by atoms with Crippen LogP contribution in [0.4, 0.5) is 0 Å². The third-order valence-electron chi connectivity index (χ3n) is 6.90. The van der Waals surface area contributed by atoms with Gasteiger partial charge < -0.3 is 14.5 Å². The molecule has 0 aliphatic carbocycles. The fourth-order valence-corrected chi connectivity index (χ4v) is 5.15. The maximum Gasteiger partial charge on any atom is 0.274 e. The van der Waals surface area contributed by atoms with Gasteiger partial charge in [0, 0.05) is 19.3 Å². The molecule has 2 aliphatic heterocycles. The standard InChI is InChI=1S/C25H24N6O3/c1-16-6-8-18(9-7-16)25-15-31-22(13-21(27-31)20-5-3-4-10-26-20)24(33)30(25)12-11-29(25)23(32)19-14-34-28-17(19)2/h3-10,13-14,23,32H,11-12,15H2,1-2H3. The van der Waals surface area contributed by atoms with E-state index in [1.54, 1.807) is 23.9 Å². The zero-order chi connectivity index (χ0) is 23.4. The predicted molar refractivity (Wildman–Crippen MR) is 122 cm³/mol. The molecule has 172 valence electrons. The number of rotatable bonds is 4. The Morgan fingerprint density at radius 2 is 1.91 bits per heavy atom. The Morgan fingerprint density at radius 3 is 2.62 bits per heavy atom. The second-order valence-corrected chi connectivity index (χ2v) is 8.85. The molecule has 2 unspecified atom stereocenters. The van der Waals surface area contributed by atoms with Crippen LogP contribution in [-0.2, 0) is 12.2 Å². The number of nitrogens with zero attached hydrogens (tertiary/aromatic N) is 6. The van der Waals surface area contributed by atoms with Crippen LogP contribution in [0.2, 0.25) is 0 Å². The number of aryl methyl sites for hydroxylation is 2. The number of hydrogen-bond donors (Lipinski definition) is 1. The number of aromatic nitrogens is 4. The smallest absolute Gasteiger partial charge is 0.274 e. The van der Waals surface area contributed by atoms with E-state index in [0.29, 0.717) is 48.0 Å². The number of aliphatic hydroxyl groups is 1. The fraction of sp³-hybridized carbons (Fsp3) is 0.280. The molecule has 1 aromatic carbocycles. The maximum atomic E-state index is 13.8. The summed E-state index contributed by atoms with van der Waals surface area (Å²) < 4.78 is 6.85. The first-order valence-electron chi connectivity index (χ1n) is 11.2. The summed E-state index contributed by atoms with van der Waals surface area (Å²) >= 11 is 0. The summed E-state index contributed by atoms with van der Waals surface area (Å²) in [6, 6.07) is 15.5. The van der Waals surface area contributed by atoms with Crippen molar-refractivity contribution in [3.8, 4) is 11.4 Å². The van der Waals surface area contributed by atoms with Gasteiger partial charge in [-0.15, -0.1) is 0 Å². The van der Waals surface area contributed by atoms with E-state index in [0.717, 1.165) is 11.1 Å². The van der Waals surface area contributed by atoms with E-state index in [1.165, 1.54) is 6.26 Å². The van der Waals surface area contributed by atoms with E-state index < -0.39 is 11.9 Å². The van der Waals surface area contributed by atoms with Gasteiger partial charge >= 0.3 is 0 Å². The van der Waals surface area contributed by atoms with Crippen LogP contribution in [0.1, 0.15) is 39.1 Å². The minimum absolute atomic E-state index is 0.127. The van der Waals surface area contributed by atoms with E-state index in [1.807, 2.05) is 59.2 Å². The van der Waals surface area contributed by atoms with Gasteiger partial charge in [-0.25, -0.2) is 4.90 Å². The van der Waals surface area contributed by atoms with E-state index in [2.05, 4.69) is 10.1 Å². The summed E-state index contributed by atoms with van der Waals surface area (Å²) in [5.41, 5.74) is 4.17. The third kappa shape index (κ3) is 2.94. The van der Waals surface area contributed by atoms with Crippen molar-refractivity contribution in [1.82, 2.24) is 29.7 Å². The maximum absolute atomic E-state index is 13.8. The number of fused-ring (bicyclic) bond motifs is 2. The quantitative estimate of drug-likeness (QED) is 0.504. The second-order valence-electron chi connectivity index (χ2n) is 8.85. The molecule has 4 aromatic rings. The number of carbonyl (C=O) groups excluding carboxylic acids is 1. The Bertz CT molecular complexity index is 1360. The molecule has 34 heavy (non-hydrogen) atoms. The van der Waals surface area contributed by atoms with Crippen molar-refractivity contribution < 1.29 is 14.4 Å². The summed E-state index contributed by atoms with van der Waals surface area (Å²) in [4.78, 5) is 22.0. The molecule has 6 rings (SSSR count). The Labute approximate surface area is 196 Å². The summed E-state index contributed by atoms with van der Waals surface area (Å²) in [6.07, 6.45) is 2.17. The minimum Gasteiger partial charge on any atom is -0.374 e. The van der Waals surface area contributed by atoms with Crippen LogP contribution in [0.25, 0.3) is 11.4 Å². The highest BCUT2D eigenvalue weighted by atomic mass is 16.5. The van der Waals surface area contributed by atoms with Crippen molar-refractivity contribution in [2.75, 3.05) is 13.1 Å². The molecule has 2 atom stereocenters. The molecule has 1 fully saturated rings. The number of benzene rings is 1. The van der Waals surface area contributed by atoms with Gasteiger partial charge in [-0.2, -0.15) is 5.10 Å². The molecule has 3 aromatic heterocycles. The van der Waals surface area contributed by atoms with E-state index in [-0.39, 0.29) is 5.91 Å². The Balaban J connectivity index is 1.51. The average molecular weight is 457 g/mol. The number of pyridine rings is 1. The fourth-order valence-electron chi connectivity index (χ4n) is 5.15. The third-order valence-corrected chi connectivity index (χ3v) is 6.90. The van der Waals surface area contributed by atoms with Gasteiger partial charge in [-0.3, -0.25) is 14.5 Å². The van der Waals surface area contributed by atoms with Crippen LogP contribution < -0.4 is 0 Å². The normalized spacial score (nSPS) is 20.9. The van der Waals surface area contributed by atoms with Crippen LogP contribution in [0, 0.1) is 13.8 Å². The topological polar surface area (TPSA) is 101 Å². The predicted octanol–water partition coefficient (Wildman–Crippen LogP) is 2.87. The largest absolute Gasteiger partial charge is 0.374 e. The molecule has 9 heteroatoms. The Morgan fingerprint density at radius 1 is 1.09 bits per heavy atom. The Hall–Kier alpha value is -3.82. The van der Waals surface area contributed by atoms with Crippen molar-refractivity contribution in [2.45, 2.75) is 32.3 Å². The van der Waals surface area contributed by atoms with E-state index >= 15 is 0 Å². The van der Waals surface area contributed by atoms with Crippen LogP contribution in [0.3, 0.4) is 0 Å². The lowest BCUT2D eigenvalue weighted by Crippen LogP contribution is -2.59. The van der Waals surface area contributed by atoms with E-state index in [4.69, 9.17) is 9.62 Å². The SMILES string of the molecule is Cc1ccc(C23Cn4nc(-c5ccccn5)cc4C(=O)N2CCN3C(O)c2conc2C)cc1. The molecule has 1 amide bonds. The summed E-state index contributed by atoms with van der Waals surface area (Å²) in [5, 5.41) is 20.2. The molecule has 2 aliphatic rings. The van der Waals surface area contributed by atoms with E-state index in [9.17, 15) is 9.90 Å². The van der Waals surface area contributed by atoms with Crippen LogP contribution in [-0.4, -0.2) is 53.8 Å². The summed E-state index contributed by atoms with van der Waals surface area (Å²) in [7, 11) is 0. The van der Waals surface area contributed by atoms with Gasteiger partial charge in [0.05, 0.1) is 23.5 Å². The zero-order valence-electron chi connectivity index (χ0n) is 18.9. The monoisotopic (exact) mass is 456 g/mol. The highest BCUT2D eigenvalue weighted by Crippen LogP contribution is 2.46. The lowest BCUT2D eigenvalue weighted by molar-refractivity contribution is -0.103. The second kappa shape index (κ2) is 7.61. The molecule has 0 spiro atoms. The van der Waals surface area contributed by atoms with Crippen molar-refractivity contribution >= 4 is 5.91 Å². The van der Waals surface area contributed by atoms with Crippen molar-refractivity contribution in [1.29, 1.82) is 0 Å². The minimum atomic E-state index is -1.00. The molecule has 0 bridgehead atoms. The van der Waals surface area contributed by atoms with Gasteiger partial charge in [0.15, 0.2) is 0 Å². The first-order chi connectivity index (χ1) is 16.5. The average Bonchev–Trinajstić information content (AvgIpc) is 3.57. The molecule has 0 saturated carbocycles. The van der Waals surface area contributed by atoms with Gasteiger partial charge in [0.1, 0.15) is 29.5 Å². The van der Waals surface area contributed by atoms with Gasteiger partial charge in [0.25, 0.3) is 5.91 Å². The molecule has 9 nitrogen and oxygen atoms in total. The van der Waals surface area contributed by atoms with Gasteiger partial charge in [-0.05, 0) is 37.6 Å². The first kappa shape index (κ1) is 20.8. The molecule has 1 saturated heterocycles. The highest BCUT2D eigenvalue weighted by molar-refractivity contribution is 5.95. The lowest BCUT2D eigenvalue weighted by atomic mass is 9.93. The first-order valence-corrected chi connectivity index (χ1v) is 11.2. The summed E-state index contributed by atoms with van der Waals surface area (Å²) in [6.45, 7) is 5.15. The number of hydrogen-bond acceptors (Lipinski definition) is 7. The van der Waals surface area contributed by atoms with Crippen LogP contribution in [0.5, 0.6) is 0 Å². The molecule has 0 radical (unpaired) electrons. The molecule has 5 heterocycles. The van der Waals surface area contributed by atoms with Gasteiger partial charge in [0.2, 0.25) is 0 Å². The number of carbonyl (C=O) groups is 1. The summed E-state index contributed by atoms with van der Waals surface area (Å²) in [5.74, 6) is -0.127. The van der Waals surface area contributed by atoms with Crippen molar-refractivity contribution in [3.05, 3.63) is 89.1 Å². The zero-order valence-corrected chi connectivity index (χ0v) is 18.9. The lowest BCUT2D eigenvalue weighted by Gasteiger charge is -2.48. The number of amides is 1. The Kier molecular flexibility index (Phi) is 4.65. The van der Waals surface area contributed by atoms with Crippen molar-refractivity contribution in [3.63, 3.8) is 0 Å². The van der Waals surface area contributed by atoms with Crippen molar-refractivity contribution in [2.24, 2.45) is 0 Å². The molecule has 1 N–H and O–H groups in total. The van der Waals surface area contributed by atoms with Crippen LogP contribution in [0.15, 0.2) is 65.5 Å². The molecular formula is C25H24N6O3. The van der Waals surface area contributed by atoms with Gasteiger partial charge in [-0.1, -0.05) is 41.1 Å². The number of aliphatic hydroxyl groups excluding tert-OH is 1. The molecular weight excluding hydrogens is 432 g/mol. The highest BCUT2D eigenvalue weighted by Gasteiger charge is 2.57. The van der Waals surface area contributed by atoms with Crippen LogP contribution >= 0.6 is 0 Å².